The monoisotopic (exact) mass is 465 g/mol. The van der Waals surface area contributed by atoms with Crippen LogP contribution in [0.1, 0.15) is 10.4 Å². The number of carboxylic acids is 1. The molecular formula is C22H19N5O5S. The van der Waals surface area contributed by atoms with E-state index in [0.717, 1.165) is 5.69 Å². The van der Waals surface area contributed by atoms with E-state index in [1.54, 1.807) is 10.9 Å². The van der Waals surface area contributed by atoms with Crippen LogP contribution in [0.4, 0.5) is 5.69 Å². The molecule has 2 N–H and O–H groups in total. The maximum atomic E-state index is 12.6. The molecule has 168 valence electrons. The van der Waals surface area contributed by atoms with Gasteiger partial charge in [0.25, 0.3) is 0 Å². The van der Waals surface area contributed by atoms with Crippen LogP contribution >= 0.6 is 11.8 Å². The number of amides is 1. The normalized spacial score (nSPS) is 10.7. The van der Waals surface area contributed by atoms with Crippen molar-refractivity contribution in [2.75, 3.05) is 25.3 Å². The Balaban J connectivity index is 1.53. The lowest BCUT2D eigenvalue weighted by molar-refractivity contribution is -0.113. The van der Waals surface area contributed by atoms with Crippen LogP contribution in [0.2, 0.25) is 0 Å². The van der Waals surface area contributed by atoms with E-state index in [0.29, 0.717) is 21.8 Å². The summed E-state index contributed by atoms with van der Waals surface area (Å²) in [6.45, 7) is 0. The van der Waals surface area contributed by atoms with E-state index in [9.17, 15) is 14.7 Å². The number of hydrogen-bond donors (Lipinski definition) is 2. The average Bonchev–Trinajstić information content (AvgIpc) is 3.27. The topological polar surface area (TPSA) is 128 Å². The number of benzene rings is 2. The largest absolute Gasteiger partial charge is 0.493 e. The first-order valence-corrected chi connectivity index (χ1v) is 10.7. The van der Waals surface area contributed by atoms with E-state index in [4.69, 9.17) is 9.47 Å². The van der Waals surface area contributed by atoms with Crippen LogP contribution in [0.5, 0.6) is 11.5 Å². The number of thioether (sulfide) groups is 1. The number of rotatable bonds is 8. The van der Waals surface area contributed by atoms with Gasteiger partial charge in [0.15, 0.2) is 17.1 Å². The summed E-state index contributed by atoms with van der Waals surface area (Å²) in [6.07, 6.45) is 3.07. The molecule has 11 heteroatoms. The van der Waals surface area contributed by atoms with Gasteiger partial charge in [-0.15, -0.1) is 0 Å². The molecule has 0 atom stereocenters. The van der Waals surface area contributed by atoms with Crippen LogP contribution in [0, 0.1) is 0 Å². The molecule has 0 saturated heterocycles. The number of para-hydroxylation sites is 1. The smallest absolute Gasteiger partial charge is 0.337 e. The number of ether oxygens (including phenoxy) is 2. The van der Waals surface area contributed by atoms with Crippen LogP contribution < -0.4 is 14.8 Å². The van der Waals surface area contributed by atoms with Crippen molar-refractivity contribution in [1.82, 2.24) is 19.7 Å². The van der Waals surface area contributed by atoms with Gasteiger partial charge in [0.2, 0.25) is 5.91 Å². The number of carbonyl (C=O) groups is 2. The van der Waals surface area contributed by atoms with Crippen molar-refractivity contribution in [3.63, 3.8) is 0 Å². The van der Waals surface area contributed by atoms with Crippen LogP contribution in [-0.2, 0) is 4.79 Å². The van der Waals surface area contributed by atoms with Crippen LogP contribution in [0.15, 0.2) is 60.0 Å². The fraction of sp³-hybridized carbons (Fsp3) is 0.136. The molecule has 4 aromatic rings. The van der Waals surface area contributed by atoms with E-state index in [2.05, 4.69) is 20.4 Å². The molecule has 0 aliphatic rings. The van der Waals surface area contributed by atoms with E-state index in [1.165, 1.54) is 44.4 Å². The number of nitrogens with one attached hydrogen (secondary N) is 1. The molecular weight excluding hydrogens is 446 g/mol. The van der Waals surface area contributed by atoms with Crippen molar-refractivity contribution >= 4 is 40.4 Å². The Hall–Kier alpha value is -4.12. The van der Waals surface area contributed by atoms with Crippen molar-refractivity contribution < 1.29 is 24.2 Å². The van der Waals surface area contributed by atoms with Gasteiger partial charge >= 0.3 is 5.97 Å². The van der Waals surface area contributed by atoms with Gasteiger partial charge in [-0.3, -0.25) is 4.79 Å². The summed E-state index contributed by atoms with van der Waals surface area (Å²) in [5, 5.41) is 17.8. The maximum Gasteiger partial charge on any atom is 0.337 e. The summed E-state index contributed by atoms with van der Waals surface area (Å²) in [5.74, 6) is -1.06. The molecule has 0 unspecified atom stereocenters. The zero-order valence-corrected chi connectivity index (χ0v) is 18.5. The first-order valence-electron chi connectivity index (χ1n) is 9.68. The van der Waals surface area contributed by atoms with Gasteiger partial charge in [0, 0.05) is 12.1 Å². The number of fused-ring (bicyclic) bond motifs is 1. The van der Waals surface area contributed by atoms with E-state index in [1.807, 2.05) is 30.3 Å². The van der Waals surface area contributed by atoms with Gasteiger partial charge in [-0.1, -0.05) is 30.0 Å². The maximum absolute atomic E-state index is 12.6. The van der Waals surface area contributed by atoms with Crippen molar-refractivity contribution in [3.05, 3.63) is 60.6 Å². The minimum absolute atomic E-state index is 0.00393. The first-order chi connectivity index (χ1) is 16.0. The highest BCUT2D eigenvalue weighted by Gasteiger charge is 2.19. The molecule has 2 aromatic heterocycles. The average molecular weight is 465 g/mol. The molecule has 1 amide bonds. The molecule has 2 heterocycles. The van der Waals surface area contributed by atoms with Crippen molar-refractivity contribution in [3.8, 4) is 17.2 Å². The number of carbonyl (C=O) groups excluding carboxylic acids is 1. The van der Waals surface area contributed by atoms with Crippen LogP contribution in [0.3, 0.4) is 0 Å². The molecule has 0 bridgehead atoms. The Bertz CT molecular complexity index is 1330. The van der Waals surface area contributed by atoms with Gasteiger partial charge in [0.05, 0.1) is 48.5 Å². The van der Waals surface area contributed by atoms with Gasteiger partial charge in [0.1, 0.15) is 11.4 Å². The highest BCUT2D eigenvalue weighted by atomic mass is 32.2. The predicted molar refractivity (Wildman–Crippen MR) is 123 cm³/mol. The molecule has 33 heavy (non-hydrogen) atoms. The van der Waals surface area contributed by atoms with Gasteiger partial charge in [-0.05, 0) is 12.1 Å². The van der Waals surface area contributed by atoms with Crippen molar-refractivity contribution in [1.29, 1.82) is 0 Å². The third-order valence-corrected chi connectivity index (χ3v) is 5.70. The second-order valence-corrected chi connectivity index (χ2v) is 7.67. The van der Waals surface area contributed by atoms with Gasteiger partial charge < -0.3 is 19.9 Å². The summed E-state index contributed by atoms with van der Waals surface area (Å²) >= 11 is 1.20. The van der Waals surface area contributed by atoms with Crippen molar-refractivity contribution in [2.24, 2.45) is 0 Å². The first kappa shape index (κ1) is 22.1. The summed E-state index contributed by atoms with van der Waals surface area (Å²) < 4.78 is 12.0. The number of methoxy groups -OCH3 is 2. The summed E-state index contributed by atoms with van der Waals surface area (Å²) in [7, 11) is 2.83. The molecule has 0 aliphatic heterocycles. The van der Waals surface area contributed by atoms with E-state index >= 15 is 0 Å². The highest BCUT2D eigenvalue weighted by molar-refractivity contribution is 8.00. The zero-order chi connectivity index (χ0) is 23.4. The Morgan fingerprint density at radius 3 is 2.52 bits per heavy atom. The van der Waals surface area contributed by atoms with Crippen molar-refractivity contribution in [2.45, 2.75) is 5.03 Å². The molecule has 0 fully saturated rings. The lowest BCUT2D eigenvalue weighted by Gasteiger charge is -2.13. The summed E-state index contributed by atoms with van der Waals surface area (Å²) in [5.41, 5.74) is 1.47. The second-order valence-electron chi connectivity index (χ2n) is 6.70. The zero-order valence-electron chi connectivity index (χ0n) is 17.7. The standard InChI is InChI=1S/C22H19N5O5S/c1-31-17-8-14(22(29)30)16(9-18(17)32-2)26-19(28)11-33-21-15-10-25-27(20(15)23-12-24-21)13-6-4-3-5-7-13/h3-10,12H,11H2,1-2H3,(H,26,28)(H,29,30). The molecule has 2 aromatic carbocycles. The van der Waals surface area contributed by atoms with Crippen LogP contribution in [0.25, 0.3) is 16.7 Å². The second kappa shape index (κ2) is 9.57. The number of anilines is 1. The lowest BCUT2D eigenvalue weighted by Crippen LogP contribution is -2.17. The Kier molecular flexibility index (Phi) is 6.41. The Morgan fingerprint density at radius 1 is 1.09 bits per heavy atom. The highest BCUT2D eigenvalue weighted by Crippen LogP contribution is 2.34. The Morgan fingerprint density at radius 2 is 1.82 bits per heavy atom. The van der Waals surface area contributed by atoms with E-state index in [-0.39, 0.29) is 22.8 Å². The Labute approximate surface area is 192 Å². The number of hydrogen-bond acceptors (Lipinski definition) is 8. The number of carboxylic acid groups (broad SMARTS) is 1. The third-order valence-electron chi connectivity index (χ3n) is 4.70. The lowest BCUT2D eigenvalue weighted by atomic mass is 10.1. The number of aromatic nitrogens is 4. The number of nitrogens with zero attached hydrogens (tertiary/aromatic N) is 4. The minimum Gasteiger partial charge on any atom is -0.493 e. The minimum atomic E-state index is -1.20. The summed E-state index contributed by atoms with van der Waals surface area (Å²) in [4.78, 5) is 32.9. The SMILES string of the molecule is COc1cc(NC(=O)CSc2ncnc3c2cnn3-c2ccccc2)c(C(=O)O)cc1OC. The summed E-state index contributed by atoms with van der Waals surface area (Å²) in [6, 6.07) is 12.3. The van der Waals surface area contributed by atoms with Gasteiger partial charge in [-0.2, -0.15) is 5.10 Å². The third kappa shape index (κ3) is 4.58. The number of aromatic carboxylic acids is 1. The van der Waals surface area contributed by atoms with Crippen LogP contribution in [-0.4, -0.2) is 56.7 Å². The molecule has 10 nitrogen and oxygen atoms in total. The fourth-order valence-corrected chi connectivity index (χ4v) is 3.94. The van der Waals surface area contributed by atoms with Gasteiger partial charge in [-0.25, -0.2) is 19.4 Å². The molecule has 4 rings (SSSR count). The molecule has 0 radical (unpaired) electrons. The molecule has 0 aliphatic carbocycles. The quantitative estimate of drug-likeness (QED) is 0.297. The molecule has 0 spiro atoms. The van der Waals surface area contributed by atoms with E-state index < -0.39 is 11.9 Å². The predicted octanol–water partition coefficient (Wildman–Crippen LogP) is 3.26. The fourth-order valence-electron chi connectivity index (χ4n) is 3.18. The molecule has 0 saturated carbocycles.